The van der Waals surface area contributed by atoms with E-state index in [4.69, 9.17) is 5.11 Å². The summed E-state index contributed by atoms with van der Waals surface area (Å²) < 4.78 is 25.7. The minimum absolute atomic E-state index is 0.0648. The lowest BCUT2D eigenvalue weighted by atomic mass is 10.1. The Bertz CT molecular complexity index is 385. The van der Waals surface area contributed by atoms with Crippen molar-refractivity contribution >= 4 is 5.78 Å². The van der Waals surface area contributed by atoms with Crippen LogP contribution in [0.2, 0.25) is 0 Å². The number of benzene rings is 1. The second-order valence-electron chi connectivity index (χ2n) is 3.05. The maximum absolute atomic E-state index is 12.8. The number of rotatable bonds is 0. The molecule has 0 unspecified atom stereocenters. The third-order valence-electron chi connectivity index (χ3n) is 2.08. The van der Waals surface area contributed by atoms with Crippen LogP contribution < -0.4 is 0 Å². The summed E-state index contributed by atoms with van der Waals surface area (Å²) in [4.78, 5) is 11.0. The molecule has 0 fully saturated rings. The lowest BCUT2D eigenvalue weighted by Gasteiger charge is -2.02. The van der Waals surface area contributed by atoms with Gasteiger partial charge in [-0.3, -0.25) is 4.79 Å². The van der Waals surface area contributed by atoms with Gasteiger partial charge in [-0.15, -0.1) is 0 Å². The number of carbonyl (C=O) groups is 1. The Morgan fingerprint density at radius 3 is 2.77 bits per heavy atom. The number of carbonyl (C=O) groups excluding carboxylic acids is 1. The molecule has 13 heavy (non-hydrogen) atoms. The van der Waals surface area contributed by atoms with Gasteiger partial charge in [-0.05, 0) is 17.7 Å². The Kier molecular flexibility index (Phi) is 1.43. The van der Waals surface area contributed by atoms with E-state index >= 15 is 0 Å². The number of ketones is 1. The van der Waals surface area contributed by atoms with Crippen molar-refractivity contribution in [1.82, 2.24) is 0 Å². The first-order chi connectivity index (χ1) is 6.00. The van der Waals surface area contributed by atoms with Crippen molar-refractivity contribution in [3.8, 4) is 5.75 Å². The summed E-state index contributed by atoms with van der Waals surface area (Å²) >= 11 is 0. The monoisotopic (exact) mass is 184 g/mol. The van der Waals surface area contributed by atoms with Gasteiger partial charge < -0.3 is 5.11 Å². The van der Waals surface area contributed by atoms with E-state index in [1.807, 2.05) is 0 Å². The van der Waals surface area contributed by atoms with Gasteiger partial charge >= 0.3 is 5.92 Å². The lowest BCUT2D eigenvalue weighted by molar-refractivity contribution is 0.0168. The SMILES string of the molecule is O=C1c2cc(O)ccc2CC1(F)F. The molecular weight excluding hydrogens is 178 g/mol. The Labute approximate surface area is 72.8 Å². The van der Waals surface area contributed by atoms with Crippen molar-refractivity contribution in [1.29, 1.82) is 0 Å². The van der Waals surface area contributed by atoms with Crippen molar-refractivity contribution in [3.05, 3.63) is 29.3 Å². The van der Waals surface area contributed by atoms with Crippen molar-refractivity contribution in [2.24, 2.45) is 0 Å². The summed E-state index contributed by atoms with van der Waals surface area (Å²) in [5.74, 6) is -4.65. The quantitative estimate of drug-likeness (QED) is 0.667. The highest BCUT2D eigenvalue weighted by molar-refractivity contribution is 6.06. The Balaban J connectivity index is 2.57. The van der Waals surface area contributed by atoms with E-state index in [0.717, 1.165) is 6.07 Å². The van der Waals surface area contributed by atoms with E-state index in [1.165, 1.54) is 12.1 Å². The predicted molar refractivity (Wildman–Crippen MR) is 41.1 cm³/mol. The van der Waals surface area contributed by atoms with Crippen LogP contribution in [0.5, 0.6) is 5.75 Å². The molecule has 0 amide bonds. The molecule has 0 saturated carbocycles. The minimum atomic E-state index is -3.30. The summed E-state index contributed by atoms with van der Waals surface area (Å²) in [6, 6.07) is 3.73. The summed E-state index contributed by atoms with van der Waals surface area (Å²) in [5, 5.41) is 8.99. The largest absolute Gasteiger partial charge is 0.508 e. The van der Waals surface area contributed by atoms with E-state index in [1.54, 1.807) is 0 Å². The van der Waals surface area contributed by atoms with Crippen LogP contribution in [0, 0.1) is 0 Å². The molecule has 1 aliphatic rings. The molecular formula is C9H6F2O2. The van der Waals surface area contributed by atoms with E-state index in [9.17, 15) is 13.6 Å². The van der Waals surface area contributed by atoms with Crippen LogP contribution in [0.1, 0.15) is 15.9 Å². The molecule has 2 rings (SSSR count). The molecule has 2 nitrogen and oxygen atoms in total. The van der Waals surface area contributed by atoms with Gasteiger partial charge in [0.1, 0.15) is 5.75 Å². The van der Waals surface area contributed by atoms with Crippen LogP contribution >= 0.6 is 0 Å². The van der Waals surface area contributed by atoms with E-state index in [2.05, 4.69) is 0 Å². The van der Waals surface area contributed by atoms with Gasteiger partial charge in [-0.25, -0.2) is 0 Å². The number of hydrogen-bond donors (Lipinski definition) is 1. The molecule has 0 aliphatic heterocycles. The number of aromatic hydroxyl groups is 1. The van der Waals surface area contributed by atoms with Gasteiger partial charge in [0.2, 0.25) is 5.78 Å². The van der Waals surface area contributed by atoms with Crippen LogP contribution in [-0.2, 0) is 6.42 Å². The molecule has 0 radical (unpaired) electrons. The number of halogens is 2. The molecule has 1 N–H and O–H groups in total. The van der Waals surface area contributed by atoms with Gasteiger partial charge in [0, 0.05) is 12.0 Å². The van der Waals surface area contributed by atoms with Crippen molar-refractivity contribution in [2.75, 3.05) is 0 Å². The first-order valence-electron chi connectivity index (χ1n) is 3.75. The normalized spacial score (nSPS) is 18.8. The zero-order valence-corrected chi connectivity index (χ0v) is 6.55. The Morgan fingerprint density at radius 2 is 2.08 bits per heavy atom. The number of hydrogen-bond acceptors (Lipinski definition) is 2. The zero-order chi connectivity index (χ0) is 9.64. The fraction of sp³-hybridized carbons (Fsp3) is 0.222. The molecule has 1 aliphatic carbocycles. The van der Waals surface area contributed by atoms with Crippen molar-refractivity contribution in [3.63, 3.8) is 0 Å². The molecule has 1 aromatic carbocycles. The third-order valence-corrected chi connectivity index (χ3v) is 2.08. The van der Waals surface area contributed by atoms with Gasteiger partial charge in [0.15, 0.2) is 0 Å². The Morgan fingerprint density at radius 1 is 1.38 bits per heavy atom. The second kappa shape index (κ2) is 2.28. The van der Waals surface area contributed by atoms with Crippen LogP contribution in [-0.4, -0.2) is 16.8 Å². The van der Waals surface area contributed by atoms with E-state index in [-0.39, 0.29) is 11.3 Å². The van der Waals surface area contributed by atoms with Crippen molar-refractivity contribution in [2.45, 2.75) is 12.3 Å². The fourth-order valence-corrected chi connectivity index (χ4v) is 1.45. The molecule has 0 saturated heterocycles. The number of alkyl halides is 2. The maximum atomic E-state index is 12.8. The van der Waals surface area contributed by atoms with Crippen LogP contribution in [0.3, 0.4) is 0 Å². The smallest absolute Gasteiger partial charge is 0.313 e. The molecule has 0 bridgehead atoms. The van der Waals surface area contributed by atoms with Gasteiger partial charge in [-0.2, -0.15) is 8.78 Å². The van der Waals surface area contributed by atoms with Crippen LogP contribution in [0.4, 0.5) is 8.78 Å². The first kappa shape index (κ1) is 8.16. The fourth-order valence-electron chi connectivity index (χ4n) is 1.45. The number of fused-ring (bicyclic) bond motifs is 1. The molecule has 0 heterocycles. The number of Topliss-reactive ketones (excluding diaryl/α,β-unsaturated/α-hetero) is 1. The zero-order valence-electron chi connectivity index (χ0n) is 6.55. The number of phenols is 1. The highest BCUT2D eigenvalue weighted by Crippen LogP contribution is 2.35. The Hall–Kier alpha value is -1.45. The van der Waals surface area contributed by atoms with Gasteiger partial charge in [-0.1, -0.05) is 6.07 Å². The summed E-state index contributed by atoms with van der Waals surface area (Å²) in [6.45, 7) is 0. The molecule has 4 heteroatoms. The summed E-state index contributed by atoms with van der Waals surface area (Å²) in [6.07, 6.45) is -0.554. The molecule has 0 aromatic heterocycles. The van der Waals surface area contributed by atoms with Gasteiger partial charge in [0.25, 0.3) is 0 Å². The third kappa shape index (κ3) is 1.09. The van der Waals surface area contributed by atoms with E-state index in [0.29, 0.717) is 5.56 Å². The average molecular weight is 184 g/mol. The minimum Gasteiger partial charge on any atom is -0.508 e. The summed E-state index contributed by atoms with van der Waals surface area (Å²) in [5.41, 5.74) is 0.234. The highest BCUT2D eigenvalue weighted by Gasteiger charge is 2.46. The second-order valence-corrected chi connectivity index (χ2v) is 3.05. The standard InChI is InChI=1S/C9H6F2O2/c10-9(11)4-5-1-2-6(12)3-7(5)8(9)13/h1-3,12H,4H2. The predicted octanol–water partition coefficient (Wildman–Crippen LogP) is 1.77. The maximum Gasteiger partial charge on any atom is 0.313 e. The van der Waals surface area contributed by atoms with Crippen LogP contribution in [0.25, 0.3) is 0 Å². The molecule has 68 valence electrons. The highest BCUT2D eigenvalue weighted by atomic mass is 19.3. The molecule has 0 atom stereocenters. The summed E-state index contributed by atoms with van der Waals surface area (Å²) in [7, 11) is 0. The van der Waals surface area contributed by atoms with Gasteiger partial charge in [0.05, 0.1) is 0 Å². The topological polar surface area (TPSA) is 37.3 Å². The number of phenolic OH excluding ortho intramolecular Hbond substituents is 1. The van der Waals surface area contributed by atoms with Crippen molar-refractivity contribution < 1.29 is 18.7 Å². The lowest BCUT2D eigenvalue weighted by Crippen LogP contribution is -2.23. The van der Waals surface area contributed by atoms with E-state index < -0.39 is 18.1 Å². The first-order valence-corrected chi connectivity index (χ1v) is 3.75. The molecule has 1 aromatic rings. The average Bonchev–Trinajstić information content (AvgIpc) is 2.26. The van der Waals surface area contributed by atoms with Crippen LogP contribution in [0.15, 0.2) is 18.2 Å². The molecule has 0 spiro atoms.